The first kappa shape index (κ1) is 42.2. The van der Waals surface area contributed by atoms with Gasteiger partial charge in [-0.3, -0.25) is 48.1 Å². The third-order valence-corrected chi connectivity index (χ3v) is 10.0. The normalized spacial score (nSPS) is 17.6. The number of methoxy groups -OCH3 is 1. The fourth-order valence-corrected chi connectivity index (χ4v) is 6.99. The summed E-state index contributed by atoms with van der Waals surface area (Å²) < 4.78 is 5.23. The lowest BCUT2D eigenvalue weighted by Gasteiger charge is -2.37. The van der Waals surface area contributed by atoms with E-state index in [4.69, 9.17) is 4.74 Å². The van der Waals surface area contributed by atoms with Gasteiger partial charge in [-0.05, 0) is 23.8 Å². The van der Waals surface area contributed by atoms with E-state index in [1.807, 2.05) is 0 Å². The van der Waals surface area contributed by atoms with Gasteiger partial charge >= 0.3 is 0 Å². The van der Waals surface area contributed by atoms with Crippen LogP contribution in [0.5, 0.6) is 17.2 Å². The van der Waals surface area contributed by atoms with Crippen LogP contribution in [-0.2, 0) is 46.5 Å². The molecule has 6 rings (SSSR count). The molecule has 0 radical (unpaired) electrons. The first-order valence-electron chi connectivity index (χ1n) is 18.3. The van der Waals surface area contributed by atoms with Gasteiger partial charge in [0.1, 0.15) is 22.8 Å². The molecule has 3 aliphatic rings. The molecule has 0 saturated heterocycles. The van der Waals surface area contributed by atoms with Crippen LogP contribution in [0.15, 0.2) is 54.6 Å². The number of carbonyl (C=O) groups is 9. The number of fused-ring (bicyclic) bond motifs is 3. The lowest BCUT2D eigenvalue weighted by Crippen LogP contribution is -2.51. The van der Waals surface area contributed by atoms with E-state index in [2.05, 4.69) is 26.6 Å². The second-order valence-electron chi connectivity index (χ2n) is 14.0. The number of aliphatic hydroxyl groups excluding tert-OH is 1. The number of nitrogens with one attached hydrogen (secondary N) is 5. The summed E-state index contributed by atoms with van der Waals surface area (Å²) >= 11 is 0. The molecule has 3 aromatic rings. The number of aliphatic hydroxyl groups is 2. The number of rotatable bonds is 14. The number of anilines is 1. The van der Waals surface area contributed by atoms with E-state index in [0.717, 1.165) is 17.1 Å². The zero-order valence-corrected chi connectivity index (χ0v) is 31.7. The molecule has 2 unspecified atom stereocenters. The summed E-state index contributed by atoms with van der Waals surface area (Å²) in [5.41, 5.74) is -3.32. The predicted molar refractivity (Wildman–Crippen MR) is 204 cm³/mol. The van der Waals surface area contributed by atoms with E-state index in [1.54, 1.807) is 12.1 Å². The van der Waals surface area contributed by atoms with Crippen LogP contribution in [0.2, 0.25) is 0 Å². The first-order chi connectivity index (χ1) is 28.5. The van der Waals surface area contributed by atoms with Gasteiger partial charge in [0.15, 0.2) is 5.78 Å². The Morgan fingerprint density at radius 2 is 1.37 bits per heavy atom. The number of nitrogens with zero attached hydrogens (tertiary/aromatic N) is 1. The lowest BCUT2D eigenvalue weighted by atomic mass is 9.72. The summed E-state index contributed by atoms with van der Waals surface area (Å²) in [4.78, 5) is 113. The Hall–Kier alpha value is -7.45. The van der Waals surface area contributed by atoms with Crippen molar-refractivity contribution in [2.45, 2.75) is 37.5 Å². The smallest absolute Gasteiger partial charge is 0.253 e. The monoisotopic (exact) mass is 826 g/mol. The second kappa shape index (κ2) is 17.2. The number of phenolic OH excluding ortho intramolecular Hbond substituents is 2. The molecule has 3 aromatic carbocycles. The van der Waals surface area contributed by atoms with Crippen LogP contribution in [-0.4, -0.2) is 117 Å². The van der Waals surface area contributed by atoms with Crippen molar-refractivity contribution in [1.82, 2.24) is 26.2 Å². The summed E-state index contributed by atoms with van der Waals surface area (Å²) in [5, 5.41) is 57.0. The molecule has 2 aliphatic carbocycles. The Morgan fingerprint density at radius 3 is 2.00 bits per heavy atom. The Kier molecular flexibility index (Phi) is 12.1. The molecule has 20 heteroatoms. The van der Waals surface area contributed by atoms with E-state index < -0.39 is 120 Å². The number of hydrogen-bond donors (Lipinski definition) is 9. The van der Waals surface area contributed by atoms with Crippen molar-refractivity contribution in [3.63, 3.8) is 0 Å². The molecule has 9 N–H and O–H groups in total. The van der Waals surface area contributed by atoms with Gasteiger partial charge in [0, 0.05) is 66.9 Å². The molecule has 60 heavy (non-hydrogen) atoms. The molecule has 0 saturated carbocycles. The maximum Gasteiger partial charge on any atom is 0.253 e. The van der Waals surface area contributed by atoms with Gasteiger partial charge in [-0.2, -0.15) is 0 Å². The molecule has 1 heterocycles. The molecule has 0 aromatic heterocycles. The van der Waals surface area contributed by atoms with Crippen LogP contribution in [0, 0.1) is 0 Å². The maximum atomic E-state index is 13.5. The topological polar surface area (TPSA) is 307 Å². The summed E-state index contributed by atoms with van der Waals surface area (Å²) in [7, 11) is 1.30. The largest absolute Gasteiger partial charge is 0.507 e. The van der Waals surface area contributed by atoms with Crippen LogP contribution in [0.4, 0.5) is 5.69 Å². The number of hydrogen-bond acceptors (Lipinski definition) is 14. The van der Waals surface area contributed by atoms with E-state index in [0.29, 0.717) is 11.3 Å². The third kappa shape index (κ3) is 8.54. The summed E-state index contributed by atoms with van der Waals surface area (Å²) in [5.74, 6) is -7.72. The Bertz CT molecular complexity index is 2380. The molecule has 7 amide bonds. The second-order valence-corrected chi connectivity index (χ2v) is 14.0. The number of imide groups is 1. The van der Waals surface area contributed by atoms with Crippen molar-refractivity contribution in [1.29, 1.82) is 0 Å². The Labute approximate surface area is 339 Å². The predicted octanol–water partition coefficient (Wildman–Crippen LogP) is -1.49. The van der Waals surface area contributed by atoms with E-state index in [9.17, 15) is 63.6 Å². The minimum absolute atomic E-state index is 0.0657. The zero-order chi connectivity index (χ0) is 43.5. The van der Waals surface area contributed by atoms with E-state index in [-0.39, 0.29) is 47.5 Å². The van der Waals surface area contributed by atoms with E-state index >= 15 is 0 Å². The highest BCUT2D eigenvalue weighted by atomic mass is 16.5. The minimum atomic E-state index is -2.32. The molecule has 0 spiro atoms. The minimum Gasteiger partial charge on any atom is -0.507 e. The van der Waals surface area contributed by atoms with E-state index in [1.165, 1.54) is 37.4 Å². The molecule has 2 atom stereocenters. The fraction of sp³-hybridized carbons (Fsp3) is 0.275. The highest BCUT2D eigenvalue weighted by Crippen LogP contribution is 2.51. The van der Waals surface area contributed by atoms with Crippen LogP contribution < -0.4 is 31.3 Å². The molecule has 0 fully saturated rings. The standard InChI is InChI=1S/C40H38N6O14/c1-60-24-4-2-3-21-32(24)38(57)34-33(35(21)54)36(55)22-13-40(59,14-23(47)31(22)37(34)56)39(58)44-15-19-5-7-20(8-6-19)45-28(51)18-43-27(50)17-42-26(49)16-41-25(48)11-12-46-29(52)9-10-30(46)53/h2-10,23,47,55-56,59H,11-18H2,1H3,(H,41,48)(H,42,49)(H,43,50)(H,44,58)(H,45,51). The number of benzene rings is 3. The Morgan fingerprint density at radius 1 is 0.767 bits per heavy atom. The molecule has 20 nitrogen and oxygen atoms in total. The van der Waals surface area contributed by atoms with Gasteiger partial charge in [-0.15, -0.1) is 0 Å². The lowest BCUT2D eigenvalue weighted by molar-refractivity contribution is -0.144. The van der Waals surface area contributed by atoms with Gasteiger partial charge in [-0.25, -0.2) is 0 Å². The number of carbonyl (C=O) groups excluding carboxylic acids is 9. The van der Waals surface area contributed by atoms with Crippen LogP contribution in [0.3, 0.4) is 0 Å². The molecule has 312 valence electrons. The van der Waals surface area contributed by atoms with Crippen molar-refractivity contribution in [2.75, 3.05) is 38.6 Å². The number of ketones is 2. The molecular formula is C40H38N6O14. The van der Waals surface area contributed by atoms with Gasteiger partial charge in [-0.1, -0.05) is 24.3 Å². The Balaban J connectivity index is 0.957. The van der Waals surface area contributed by atoms with Crippen LogP contribution >= 0.6 is 0 Å². The highest BCUT2D eigenvalue weighted by molar-refractivity contribution is 6.31. The van der Waals surface area contributed by atoms with Gasteiger partial charge in [0.05, 0.1) is 49.5 Å². The van der Waals surface area contributed by atoms with Crippen LogP contribution in [0.25, 0.3) is 0 Å². The number of phenols is 2. The fourth-order valence-electron chi connectivity index (χ4n) is 6.99. The number of amides is 7. The van der Waals surface area contributed by atoms with Gasteiger partial charge in [0.2, 0.25) is 29.4 Å². The van der Waals surface area contributed by atoms with Crippen molar-refractivity contribution in [2.24, 2.45) is 0 Å². The van der Waals surface area contributed by atoms with Gasteiger partial charge < -0.3 is 51.7 Å². The van der Waals surface area contributed by atoms with Crippen LogP contribution in [0.1, 0.15) is 67.5 Å². The maximum absolute atomic E-state index is 13.5. The third-order valence-electron chi connectivity index (χ3n) is 10.0. The van der Waals surface area contributed by atoms with Crippen molar-refractivity contribution >= 4 is 58.6 Å². The zero-order valence-electron chi connectivity index (χ0n) is 31.7. The highest BCUT2D eigenvalue weighted by Gasteiger charge is 2.48. The summed E-state index contributed by atoms with van der Waals surface area (Å²) in [6, 6.07) is 10.4. The number of aromatic hydroxyl groups is 2. The average molecular weight is 827 g/mol. The first-order valence-corrected chi connectivity index (χ1v) is 18.3. The van der Waals surface area contributed by atoms with Crippen molar-refractivity contribution < 1.29 is 68.3 Å². The summed E-state index contributed by atoms with van der Waals surface area (Å²) in [6.07, 6.45) is -1.03. The number of ether oxygens (including phenoxy) is 1. The average Bonchev–Trinajstić information content (AvgIpc) is 3.55. The summed E-state index contributed by atoms with van der Waals surface area (Å²) in [6.45, 7) is -1.71. The quantitative estimate of drug-likeness (QED) is 0.0517. The SMILES string of the molecule is COc1cccc2c1C(=O)c1c(O)c3c(c(O)c1C2=O)CC(O)(C(=O)NCc1ccc(NC(=O)CNC(=O)CNC(=O)CNC(=O)CCN2C(=O)C=CC2=O)cc1)CC3O. The molecule has 1 aliphatic heterocycles. The molecule has 0 bridgehead atoms. The van der Waals surface area contributed by atoms with Crippen molar-refractivity contribution in [3.8, 4) is 17.2 Å². The molecular weight excluding hydrogens is 788 g/mol. The van der Waals surface area contributed by atoms with Gasteiger partial charge in [0.25, 0.3) is 17.7 Å². The van der Waals surface area contributed by atoms with Crippen molar-refractivity contribution in [3.05, 3.63) is 93.6 Å².